The highest BCUT2D eigenvalue weighted by Gasteiger charge is 2.29. The Bertz CT molecular complexity index is 1230. The summed E-state index contributed by atoms with van der Waals surface area (Å²) in [6.45, 7) is 2.31. The molecule has 0 saturated carbocycles. The van der Waals surface area contributed by atoms with Crippen LogP contribution in [-0.4, -0.2) is 36.2 Å². The summed E-state index contributed by atoms with van der Waals surface area (Å²) in [6.07, 6.45) is -0.396. The molecule has 1 atom stereocenters. The van der Waals surface area contributed by atoms with Gasteiger partial charge in [-0.1, -0.05) is 67.1 Å². The van der Waals surface area contributed by atoms with Crippen molar-refractivity contribution in [2.75, 3.05) is 18.5 Å². The number of anilines is 1. The summed E-state index contributed by atoms with van der Waals surface area (Å²) < 4.78 is 5.52. The molecule has 0 aliphatic heterocycles. The van der Waals surface area contributed by atoms with Gasteiger partial charge in [-0.2, -0.15) is 0 Å². The van der Waals surface area contributed by atoms with Gasteiger partial charge in [0.05, 0.1) is 16.3 Å². The van der Waals surface area contributed by atoms with Gasteiger partial charge < -0.3 is 20.5 Å². The molecule has 0 bridgehead atoms. The van der Waals surface area contributed by atoms with Crippen LogP contribution in [0.3, 0.4) is 0 Å². The van der Waals surface area contributed by atoms with Gasteiger partial charge in [-0.15, -0.1) is 0 Å². The van der Waals surface area contributed by atoms with Gasteiger partial charge in [-0.25, -0.2) is 9.59 Å². The van der Waals surface area contributed by atoms with E-state index in [4.69, 9.17) is 21.4 Å². The minimum Gasteiger partial charge on any atom is -0.478 e. The van der Waals surface area contributed by atoms with Crippen molar-refractivity contribution < 1.29 is 24.2 Å². The highest BCUT2D eigenvalue weighted by Crippen LogP contribution is 2.44. The van der Waals surface area contributed by atoms with Gasteiger partial charge in [0.2, 0.25) is 5.91 Å². The molecule has 0 spiro atoms. The number of nitrogens with one attached hydrogen (secondary N) is 2. The molecule has 35 heavy (non-hydrogen) atoms. The number of carboxylic acids is 1. The summed E-state index contributed by atoms with van der Waals surface area (Å²) in [7, 11) is 0. The maximum atomic E-state index is 12.3. The minimum absolute atomic E-state index is 0.0198. The Labute approximate surface area is 208 Å². The normalized spacial score (nSPS) is 12.9. The lowest BCUT2D eigenvalue weighted by Gasteiger charge is -2.16. The summed E-state index contributed by atoms with van der Waals surface area (Å²) in [5, 5.41) is 14.5. The number of carbonyl (C=O) groups is 3. The number of carbonyl (C=O) groups excluding carboxylic acids is 2. The van der Waals surface area contributed by atoms with E-state index in [-0.39, 0.29) is 47.9 Å². The lowest BCUT2D eigenvalue weighted by Crippen LogP contribution is -2.31. The maximum absolute atomic E-state index is 12.3. The van der Waals surface area contributed by atoms with Crippen molar-refractivity contribution in [3.05, 3.63) is 88.4 Å². The van der Waals surface area contributed by atoms with Gasteiger partial charge in [0, 0.05) is 18.9 Å². The van der Waals surface area contributed by atoms with Crippen molar-refractivity contribution in [3.8, 4) is 11.1 Å². The number of amides is 2. The largest absolute Gasteiger partial charge is 0.478 e. The molecular formula is C27H25ClN2O5. The summed E-state index contributed by atoms with van der Waals surface area (Å²) in [6, 6.07) is 20.3. The van der Waals surface area contributed by atoms with Crippen molar-refractivity contribution in [2.45, 2.75) is 19.3 Å². The van der Waals surface area contributed by atoms with E-state index >= 15 is 0 Å². The third kappa shape index (κ3) is 5.63. The number of fused-ring (bicyclic) bond motifs is 3. The zero-order valence-electron chi connectivity index (χ0n) is 19.1. The Balaban J connectivity index is 1.25. The summed E-state index contributed by atoms with van der Waals surface area (Å²) in [5.74, 6) is -1.57. The number of ether oxygens (including phenoxy) is 1. The molecule has 3 aromatic rings. The molecule has 1 aliphatic rings. The van der Waals surface area contributed by atoms with Crippen molar-refractivity contribution in [2.24, 2.45) is 5.92 Å². The Hall–Kier alpha value is -3.84. The van der Waals surface area contributed by atoms with Crippen LogP contribution in [-0.2, 0) is 9.53 Å². The summed E-state index contributed by atoms with van der Waals surface area (Å²) in [4.78, 5) is 35.7. The molecule has 0 fully saturated rings. The number of alkyl carbamates (subject to hydrolysis) is 1. The summed E-state index contributed by atoms with van der Waals surface area (Å²) >= 11 is 6.06. The Morgan fingerprint density at radius 1 is 1.00 bits per heavy atom. The monoisotopic (exact) mass is 492 g/mol. The molecule has 3 N–H and O–H groups in total. The molecule has 7 nitrogen and oxygen atoms in total. The predicted molar refractivity (Wildman–Crippen MR) is 134 cm³/mol. The molecule has 3 aromatic carbocycles. The highest BCUT2D eigenvalue weighted by atomic mass is 35.5. The fourth-order valence-corrected chi connectivity index (χ4v) is 4.47. The second kappa shape index (κ2) is 10.6. The third-order valence-corrected chi connectivity index (χ3v) is 6.28. The van der Waals surface area contributed by atoms with E-state index in [9.17, 15) is 14.4 Å². The fourth-order valence-electron chi connectivity index (χ4n) is 4.25. The average Bonchev–Trinajstić information content (AvgIpc) is 3.16. The molecule has 0 aromatic heterocycles. The molecule has 0 heterocycles. The van der Waals surface area contributed by atoms with Gasteiger partial charge in [-0.05, 0) is 46.4 Å². The minimum atomic E-state index is -1.10. The molecule has 180 valence electrons. The molecular weight excluding hydrogens is 468 g/mol. The van der Waals surface area contributed by atoms with Gasteiger partial charge in [0.15, 0.2) is 0 Å². The SMILES string of the molecule is CC(CNC(=O)OCC1c2ccccc2-c2ccccc21)CC(=O)Nc1ccc(C(=O)O)cc1Cl. The van der Waals surface area contributed by atoms with E-state index in [1.54, 1.807) is 0 Å². The standard InChI is InChI=1S/C27H25ClN2O5/c1-16(12-25(31)30-24-11-10-17(26(32)33)13-23(24)28)14-29-27(34)35-15-22-20-8-4-2-6-18(20)19-7-3-5-9-21(19)22/h2-11,13,16,22H,12,14-15H2,1H3,(H,29,34)(H,30,31)(H,32,33). The smallest absolute Gasteiger partial charge is 0.407 e. The second-order valence-electron chi connectivity index (χ2n) is 8.56. The van der Waals surface area contributed by atoms with Gasteiger partial charge in [-0.3, -0.25) is 4.79 Å². The number of halogens is 1. The molecule has 4 rings (SSSR count). The first-order valence-corrected chi connectivity index (χ1v) is 11.6. The van der Waals surface area contributed by atoms with E-state index in [0.717, 1.165) is 22.3 Å². The zero-order chi connectivity index (χ0) is 24.9. The quantitative estimate of drug-likeness (QED) is 0.383. The van der Waals surface area contributed by atoms with E-state index in [1.807, 2.05) is 31.2 Å². The molecule has 0 radical (unpaired) electrons. The van der Waals surface area contributed by atoms with Crippen LogP contribution < -0.4 is 10.6 Å². The maximum Gasteiger partial charge on any atom is 0.407 e. The lowest BCUT2D eigenvalue weighted by molar-refractivity contribution is -0.116. The number of rotatable bonds is 8. The molecule has 2 amide bonds. The Morgan fingerprint density at radius 2 is 1.63 bits per heavy atom. The van der Waals surface area contributed by atoms with E-state index in [2.05, 4.69) is 34.9 Å². The van der Waals surface area contributed by atoms with Crippen LogP contribution in [0, 0.1) is 5.92 Å². The lowest BCUT2D eigenvalue weighted by atomic mass is 9.98. The Morgan fingerprint density at radius 3 is 2.23 bits per heavy atom. The van der Waals surface area contributed by atoms with Crippen LogP contribution in [0.4, 0.5) is 10.5 Å². The third-order valence-electron chi connectivity index (χ3n) is 5.96. The number of benzene rings is 3. The first-order chi connectivity index (χ1) is 16.8. The van der Waals surface area contributed by atoms with Crippen molar-refractivity contribution >= 4 is 35.3 Å². The fraction of sp³-hybridized carbons (Fsp3) is 0.222. The van der Waals surface area contributed by atoms with Crippen LogP contribution in [0.5, 0.6) is 0 Å². The first-order valence-electron chi connectivity index (χ1n) is 11.2. The first kappa shape index (κ1) is 24.3. The van der Waals surface area contributed by atoms with Crippen LogP contribution in [0.2, 0.25) is 5.02 Å². The van der Waals surface area contributed by atoms with E-state index in [0.29, 0.717) is 5.69 Å². The second-order valence-corrected chi connectivity index (χ2v) is 8.97. The molecule has 0 saturated heterocycles. The van der Waals surface area contributed by atoms with Gasteiger partial charge in [0.1, 0.15) is 6.61 Å². The van der Waals surface area contributed by atoms with Crippen molar-refractivity contribution in [1.82, 2.24) is 5.32 Å². The van der Waals surface area contributed by atoms with Crippen molar-refractivity contribution in [1.29, 1.82) is 0 Å². The van der Waals surface area contributed by atoms with Crippen LogP contribution in [0.25, 0.3) is 11.1 Å². The number of carboxylic acid groups (broad SMARTS) is 1. The number of hydrogen-bond donors (Lipinski definition) is 3. The predicted octanol–water partition coefficient (Wildman–Crippen LogP) is 5.54. The molecule has 8 heteroatoms. The van der Waals surface area contributed by atoms with Crippen LogP contribution >= 0.6 is 11.6 Å². The van der Waals surface area contributed by atoms with Crippen LogP contribution in [0.15, 0.2) is 66.7 Å². The molecule has 1 aliphatic carbocycles. The van der Waals surface area contributed by atoms with Crippen LogP contribution in [0.1, 0.15) is 40.7 Å². The van der Waals surface area contributed by atoms with E-state index < -0.39 is 12.1 Å². The highest BCUT2D eigenvalue weighted by molar-refractivity contribution is 6.34. The van der Waals surface area contributed by atoms with Gasteiger partial charge >= 0.3 is 12.1 Å². The molecule has 1 unspecified atom stereocenters. The van der Waals surface area contributed by atoms with E-state index in [1.165, 1.54) is 18.2 Å². The average molecular weight is 493 g/mol. The summed E-state index contributed by atoms with van der Waals surface area (Å²) in [5.41, 5.74) is 4.97. The van der Waals surface area contributed by atoms with Crippen molar-refractivity contribution in [3.63, 3.8) is 0 Å². The van der Waals surface area contributed by atoms with Gasteiger partial charge in [0.25, 0.3) is 0 Å². The Kier molecular flexibility index (Phi) is 7.36. The number of aromatic carboxylic acids is 1. The topological polar surface area (TPSA) is 105 Å². The number of hydrogen-bond acceptors (Lipinski definition) is 4. The zero-order valence-corrected chi connectivity index (χ0v) is 19.8.